The molecule has 0 aliphatic heterocycles. The monoisotopic (exact) mass is 137 g/mol. The zero-order valence-corrected chi connectivity index (χ0v) is 5.24. The van der Waals surface area contributed by atoms with Gasteiger partial charge < -0.3 is 11.5 Å². The minimum atomic E-state index is 0.199. The van der Waals surface area contributed by atoms with Gasteiger partial charge in [-0.15, -0.1) is 0 Å². The maximum Gasteiger partial charge on any atom is 0.152 e. The number of rotatable bonds is 1. The van der Waals surface area contributed by atoms with E-state index in [-0.39, 0.29) is 11.5 Å². The van der Waals surface area contributed by atoms with Gasteiger partial charge in [-0.25, -0.2) is 4.98 Å². The fraction of sp³-hybridized carbons (Fsp3) is 0. The molecule has 4 heteroatoms. The van der Waals surface area contributed by atoms with Crippen molar-refractivity contribution < 1.29 is 4.79 Å². The molecule has 0 saturated heterocycles. The molecule has 4 N–H and O–H groups in total. The maximum absolute atomic E-state index is 10.2. The van der Waals surface area contributed by atoms with Crippen LogP contribution in [0.15, 0.2) is 12.3 Å². The maximum atomic E-state index is 10.2. The van der Waals surface area contributed by atoms with Crippen molar-refractivity contribution >= 4 is 17.8 Å². The summed E-state index contributed by atoms with van der Waals surface area (Å²) in [5.74, 6) is 0.199. The van der Waals surface area contributed by atoms with Crippen molar-refractivity contribution in [1.29, 1.82) is 0 Å². The van der Waals surface area contributed by atoms with Gasteiger partial charge in [0.1, 0.15) is 5.82 Å². The Hall–Kier alpha value is -1.58. The normalized spacial score (nSPS) is 9.20. The second-order valence-corrected chi connectivity index (χ2v) is 1.82. The second-order valence-electron chi connectivity index (χ2n) is 1.82. The van der Waals surface area contributed by atoms with Crippen molar-refractivity contribution in [2.45, 2.75) is 0 Å². The van der Waals surface area contributed by atoms with E-state index in [4.69, 9.17) is 11.5 Å². The highest BCUT2D eigenvalue weighted by Crippen LogP contribution is 2.13. The minimum absolute atomic E-state index is 0.199. The van der Waals surface area contributed by atoms with Crippen molar-refractivity contribution in [3.05, 3.63) is 17.8 Å². The van der Waals surface area contributed by atoms with E-state index in [1.807, 2.05) is 0 Å². The van der Waals surface area contributed by atoms with Crippen LogP contribution >= 0.6 is 0 Å². The summed E-state index contributed by atoms with van der Waals surface area (Å²) in [5.41, 5.74) is 11.3. The van der Waals surface area contributed by atoms with Crippen LogP contribution in [0.25, 0.3) is 0 Å². The highest BCUT2D eigenvalue weighted by Gasteiger charge is 1.99. The number of aldehydes is 1. The van der Waals surface area contributed by atoms with Crippen LogP contribution in [0.4, 0.5) is 11.5 Å². The Labute approximate surface area is 57.9 Å². The molecule has 1 rings (SSSR count). The number of pyridine rings is 1. The molecule has 0 aliphatic carbocycles. The first-order chi connectivity index (χ1) is 4.75. The SMILES string of the molecule is Nc1nccc(C=O)c1N. The van der Waals surface area contributed by atoms with E-state index in [0.29, 0.717) is 11.8 Å². The number of carbonyl (C=O) groups is 1. The average Bonchev–Trinajstić information content (AvgIpc) is 1.95. The zero-order chi connectivity index (χ0) is 7.56. The Balaban J connectivity index is 3.27. The lowest BCUT2D eigenvalue weighted by molar-refractivity contribution is 0.112. The van der Waals surface area contributed by atoms with Gasteiger partial charge in [0.05, 0.1) is 5.69 Å². The molecule has 0 saturated carbocycles. The summed E-state index contributed by atoms with van der Waals surface area (Å²) in [5, 5.41) is 0. The third-order valence-corrected chi connectivity index (χ3v) is 1.18. The standard InChI is InChI=1S/C6H7N3O/c7-5-4(3-10)1-2-9-6(5)8/h1-3H,7H2,(H2,8,9). The van der Waals surface area contributed by atoms with Crippen molar-refractivity contribution in [2.24, 2.45) is 0 Å². The highest BCUT2D eigenvalue weighted by molar-refractivity contribution is 5.86. The molecule has 10 heavy (non-hydrogen) atoms. The minimum Gasteiger partial charge on any atom is -0.395 e. The lowest BCUT2D eigenvalue weighted by atomic mass is 10.2. The first-order valence-corrected chi connectivity index (χ1v) is 2.71. The molecule has 0 bridgehead atoms. The van der Waals surface area contributed by atoms with Crippen molar-refractivity contribution in [3.8, 4) is 0 Å². The summed E-state index contributed by atoms with van der Waals surface area (Å²) >= 11 is 0. The van der Waals surface area contributed by atoms with Crippen LogP contribution in [0.3, 0.4) is 0 Å². The van der Waals surface area contributed by atoms with E-state index in [9.17, 15) is 4.79 Å². The van der Waals surface area contributed by atoms with E-state index in [1.54, 1.807) is 0 Å². The van der Waals surface area contributed by atoms with Crippen molar-refractivity contribution in [1.82, 2.24) is 4.98 Å². The fourth-order valence-electron chi connectivity index (χ4n) is 0.608. The number of hydrogen-bond acceptors (Lipinski definition) is 4. The van der Waals surface area contributed by atoms with Gasteiger partial charge in [-0.3, -0.25) is 4.79 Å². The molecule has 0 radical (unpaired) electrons. The largest absolute Gasteiger partial charge is 0.395 e. The highest BCUT2D eigenvalue weighted by atomic mass is 16.1. The van der Waals surface area contributed by atoms with E-state index >= 15 is 0 Å². The Morgan fingerprint density at radius 1 is 1.50 bits per heavy atom. The van der Waals surface area contributed by atoms with Crippen LogP contribution in [-0.4, -0.2) is 11.3 Å². The molecule has 0 unspecified atom stereocenters. The molecule has 0 spiro atoms. The van der Waals surface area contributed by atoms with Gasteiger partial charge in [0, 0.05) is 11.8 Å². The predicted octanol–water partition coefficient (Wildman–Crippen LogP) is 0.0585. The number of anilines is 2. The molecule has 0 aliphatic rings. The third kappa shape index (κ3) is 0.907. The summed E-state index contributed by atoms with van der Waals surface area (Å²) in [6.45, 7) is 0. The molecular formula is C6H7N3O. The number of nitrogens with zero attached hydrogens (tertiary/aromatic N) is 1. The van der Waals surface area contributed by atoms with Crippen LogP contribution < -0.4 is 11.5 Å². The molecular weight excluding hydrogens is 130 g/mol. The first kappa shape index (κ1) is 6.54. The Morgan fingerprint density at radius 3 is 2.70 bits per heavy atom. The van der Waals surface area contributed by atoms with Gasteiger partial charge in [0.15, 0.2) is 6.29 Å². The second kappa shape index (κ2) is 2.34. The van der Waals surface area contributed by atoms with Crippen LogP contribution in [0.5, 0.6) is 0 Å². The van der Waals surface area contributed by atoms with E-state index in [0.717, 1.165) is 0 Å². The number of hydrogen-bond donors (Lipinski definition) is 2. The summed E-state index contributed by atoms with van der Waals surface area (Å²) in [4.78, 5) is 13.9. The molecule has 0 amide bonds. The molecule has 0 atom stereocenters. The van der Waals surface area contributed by atoms with E-state index in [2.05, 4.69) is 4.98 Å². The van der Waals surface area contributed by atoms with E-state index < -0.39 is 0 Å². The Kier molecular flexibility index (Phi) is 1.53. The summed E-state index contributed by atoms with van der Waals surface area (Å²) in [6.07, 6.45) is 2.09. The average molecular weight is 137 g/mol. The van der Waals surface area contributed by atoms with Gasteiger partial charge >= 0.3 is 0 Å². The molecule has 0 fully saturated rings. The number of nitrogens with two attached hydrogens (primary N) is 2. The lowest BCUT2D eigenvalue weighted by Gasteiger charge is -1.98. The lowest BCUT2D eigenvalue weighted by Crippen LogP contribution is -2.00. The summed E-state index contributed by atoms with van der Waals surface area (Å²) in [7, 11) is 0. The number of nitrogen functional groups attached to an aromatic ring is 2. The predicted molar refractivity (Wildman–Crippen MR) is 38.4 cm³/mol. The quantitative estimate of drug-likeness (QED) is 0.536. The van der Waals surface area contributed by atoms with Crippen LogP contribution in [0.2, 0.25) is 0 Å². The number of carbonyl (C=O) groups excluding carboxylic acids is 1. The van der Waals surface area contributed by atoms with Gasteiger partial charge in [0.2, 0.25) is 0 Å². The molecule has 0 aromatic carbocycles. The van der Waals surface area contributed by atoms with Crippen LogP contribution in [0.1, 0.15) is 10.4 Å². The van der Waals surface area contributed by atoms with Crippen LogP contribution in [-0.2, 0) is 0 Å². The number of aromatic nitrogens is 1. The first-order valence-electron chi connectivity index (χ1n) is 2.71. The third-order valence-electron chi connectivity index (χ3n) is 1.18. The van der Waals surface area contributed by atoms with Crippen LogP contribution in [0, 0.1) is 0 Å². The smallest absolute Gasteiger partial charge is 0.152 e. The van der Waals surface area contributed by atoms with Gasteiger partial charge in [-0.2, -0.15) is 0 Å². The summed E-state index contributed by atoms with van der Waals surface area (Å²) in [6, 6.07) is 1.51. The topological polar surface area (TPSA) is 82.0 Å². The fourth-order valence-corrected chi connectivity index (χ4v) is 0.608. The van der Waals surface area contributed by atoms with E-state index in [1.165, 1.54) is 12.3 Å². The molecule has 1 heterocycles. The van der Waals surface area contributed by atoms with Gasteiger partial charge in [0.25, 0.3) is 0 Å². The Morgan fingerprint density at radius 2 is 2.20 bits per heavy atom. The van der Waals surface area contributed by atoms with Crippen molar-refractivity contribution in [3.63, 3.8) is 0 Å². The molecule has 4 nitrogen and oxygen atoms in total. The van der Waals surface area contributed by atoms with Gasteiger partial charge in [-0.05, 0) is 6.07 Å². The molecule has 1 aromatic heterocycles. The van der Waals surface area contributed by atoms with Crippen molar-refractivity contribution in [2.75, 3.05) is 11.5 Å². The molecule has 1 aromatic rings. The summed E-state index contributed by atoms with van der Waals surface area (Å²) < 4.78 is 0. The van der Waals surface area contributed by atoms with Gasteiger partial charge in [-0.1, -0.05) is 0 Å². The Bertz CT molecular complexity index is 259. The molecule has 52 valence electrons. The zero-order valence-electron chi connectivity index (χ0n) is 5.24.